The molecule has 0 aromatic carbocycles. The van der Waals surface area contributed by atoms with E-state index < -0.39 is 21.5 Å². The number of rotatable bonds is 7. The van der Waals surface area contributed by atoms with Crippen LogP contribution in [-0.4, -0.2) is 37.7 Å². The maximum absolute atomic E-state index is 12.5. The fraction of sp³-hybridized carbons (Fsp3) is 0.938. The summed E-state index contributed by atoms with van der Waals surface area (Å²) >= 11 is 0. The number of hydrogen-bond acceptors (Lipinski definition) is 4. The van der Waals surface area contributed by atoms with Crippen molar-refractivity contribution < 1.29 is 18.3 Å². The summed E-state index contributed by atoms with van der Waals surface area (Å²) in [7, 11) is -3.50. The Bertz CT molecular complexity index is 540. The maximum Gasteiger partial charge on any atom is 0.212 e. The zero-order chi connectivity index (χ0) is 16.8. The van der Waals surface area contributed by atoms with E-state index in [-0.39, 0.29) is 22.9 Å². The summed E-state index contributed by atoms with van der Waals surface area (Å²) in [6, 6.07) is 0. The van der Waals surface area contributed by atoms with Gasteiger partial charge in [-0.05, 0) is 43.4 Å². The van der Waals surface area contributed by atoms with Crippen molar-refractivity contribution >= 4 is 15.8 Å². The highest BCUT2D eigenvalue weighted by molar-refractivity contribution is 7.89. The van der Waals surface area contributed by atoms with Crippen molar-refractivity contribution in [2.24, 2.45) is 22.7 Å². The first-order valence-electron chi connectivity index (χ1n) is 8.19. The quantitative estimate of drug-likeness (QED) is 0.744. The van der Waals surface area contributed by atoms with Gasteiger partial charge < -0.3 is 5.11 Å². The number of carbonyl (C=O) groups is 1. The molecule has 4 atom stereocenters. The zero-order valence-corrected chi connectivity index (χ0v) is 14.9. The van der Waals surface area contributed by atoms with Crippen LogP contribution in [0.5, 0.6) is 0 Å². The van der Waals surface area contributed by atoms with Gasteiger partial charge in [-0.2, -0.15) is 0 Å². The molecule has 2 fully saturated rings. The minimum absolute atomic E-state index is 0.0656. The lowest BCUT2D eigenvalue weighted by molar-refractivity contribution is -0.128. The fourth-order valence-electron chi connectivity index (χ4n) is 4.42. The molecule has 0 aromatic rings. The fourth-order valence-corrected chi connectivity index (χ4v) is 6.39. The van der Waals surface area contributed by atoms with Crippen LogP contribution in [0.2, 0.25) is 0 Å². The number of aliphatic hydroxyl groups excluding tert-OH is 1. The number of aliphatic hydroxyl groups is 1. The minimum Gasteiger partial charge on any atom is -0.393 e. The number of sulfonamides is 1. The number of carbonyl (C=O) groups excluding carboxylic acids is 1. The second-order valence-corrected chi connectivity index (χ2v) is 9.77. The molecule has 2 bridgehead atoms. The van der Waals surface area contributed by atoms with E-state index >= 15 is 0 Å². The molecule has 2 aliphatic rings. The van der Waals surface area contributed by atoms with Gasteiger partial charge >= 0.3 is 0 Å². The van der Waals surface area contributed by atoms with E-state index in [1.54, 1.807) is 6.92 Å². The van der Waals surface area contributed by atoms with Crippen molar-refractivity contribution in [1.29, 1.82) is 0 Å². The van der Waals surface area contributed by atoms with Crippen LogP contribution in [0, 0.1) is 22.7 Å². The molecule has 128 valence electrons. The van der Waals surface area contributed by atoms with E-state index in [0.717, 1.165) is 6.42 Å². The molecule has 2 rings (SSSR count). The number of Topliss-reactive ketones (excluding diaryl/α,β-unsaturated/α-hetero) is 1. The molecular weight excluding hydrogens is 302 g/mol. The highest BCUT2D eigenvalue weighted by Gasteiger charge is 2.65. The van der Waals surface area contributed by atoms with Crippen molar-refractivity contribution in [2.75, 3.05) is 12.3 Å². The maximum atomic E-state index is 12.5. The van der Waals surface area contributed by atoms with Crippen LogP contribution in [-0.2, 0) is 14.8 Å². The molecule has 0 spiro atoms. The van der Waals surface area contributed by atoms with Gasteiger partial charge in [0.15, 0.2) is 0 Å². The van der Waals surface area contributed by atoms with E-state index in [2.05, 4.69) is 4.72 Å². The third-order valence-electron chi connectivity index (χ3n) is 5.97. The van der Waals surface area contributed by atoms with Gasteiger partial charge in [0.05, 0.1) is 11.9 Å². The number of nitrogens with one attached hydrogen (secondary N) is 1. The molecule has 2 saturated carbocycles. The largest absolute Gasteiger partial charge is 0.393 e. The van der Waals surface area contributed by atoms with Gasteiger partial charge in [0, 0.05) is 18.4 Å². The second kappa shape index (κ2) is 5.87. The summed E-state index contributed by atoms with van der Waals surface area (Å²) in [6.07, 6.45) is 2.28. The van der Waals surface area contributed by atoms with Crippen LogP contribution < -0.4 is 4.72 Å². The first-order valence-corrected chi connectivity index (χ1v) is 9.84. The molecule has 6 heteroatoms. The summed E-state index contributed by atoms with van der Waals surface area (Å²) in [4.78, 5) is 12.4. The monoisotopic (exact) mass is 331 g/mol. The van der Waals surface area contributed by atoms with E-state index in [4.69, 9.17) is 0 Å². The second-order valence-electron chi connectivity index (χ2n) is 7.96. The first kappa shape index (κ1) is 17.9. The average molecular weight is 331 g/mol. The van der Waals surface area contributed by atoms with Gasteiger partial charge in [-0.25, -0.2) is 13.1 Å². The topological polar surface area (TPSA) is 83.5 Å². The first-order chi connectivity index (χ1) is 10.0. The molecule has 0 unspecified atom stereocenters. The number of hydrogen-bond donors (Lipinski definition) is 2. The smallest absolute Gasteiger partial charge is 0.212 e. The highest BCUT2D eigenvalue weighted by Crippen LogP contribution is 2.64. The standard InChI is InChI=1S/C16H29NO4S/c1-11(7-12(2)18)9-17-22(20,21)10-16-6-5-13(8-14(16)19)15(16,3)4/h11-13,17-18H,5-10H2,1-4H3/t11-,12+,13+,16+/m1/s1. The lowest BCUT2D eigenvalue weighted by Gasteiger charge is -2.36. The molecule has 22 heavy (non-hydrogen) atoms. The molecule has 0 heterocycles. The van der Waals surface area contributed by atoms with E-state index in [1.165, 1.54) is 0 Å². The molecule has 0 radical (unpaired) electrons. The van der Waals surface area contributed by atoms with Crippen molar-refractivity contribution in [2.45, 2.75) is 59.5 Å². The Morgan fingerprint density at radius 1 is 1.36 bits per heavy atom. The van der Waals surface area contributed by atoms with Crippen LogP contribution in [0.15, 0.2) is 0 Å². The zero-order valence-electron chi connectivity index (χ0n) is 14.1. The molecule has 2 aliphatic carbocycles. The van der Waals surface area contributed by atoms with E-state index in [1.807, 2.05) is 20.8 Å². The molecule has 2 N–H and O–H groups in total. The normalized spacial score (nSPS) is 33.1. The van der Waals surface area contributed by atoms with Gasteiger partial charge in [-0.15, -0.1) is 0 Å². The van der Waals surface area contributed by atoms with Crippen LogP contribution in [0.4, 0.5) is 0 Å². The van der Waals surface area contributed by atoms with Gasteiger partial charge in [0.25, 0.3) is 0 Å². The van der Waals surface area contributed by atoms with Crippen molar-refractivity contribution in [3.05, 3.63) is 0 Å². The summed E-state index contributed by atoms with van der Waals surface area (Å²) < 4.78 is 27.6. The van der Waals surface area contributed by atoms with Crippen molar-refractivity contribution in [3.63, 3.8) is 0 Å². The summed E-state index contributed by atoms with van der Waals surface area (Å²) in [5.41, 5.74) is -0.943. The van der Waals surface area contributed by atoms with E-state index in [0.29, 0.717) is 31.7 Å². The predicted molar refractivity (Wildman–Crippen MR) is 85.8 cm³/mol. The Morgan fingerprint density at radius 2 is 2.00 bits per heavy atom. The van der Waals surface area contributed by atoms with Crippen LogP contribution >= 0.6 is 0 Å². The van der Waals surface area contributed by atoms with Crippen molar-refractivity contribution in [3.8, 4) is 0 Å². The summed E-state index contributed by atoms with van der Waals surface area (Å²) in [5.74, 6) is 0.417. The van der Waals surface area contributed by atoms with Crippen LogP contribution in [0.25, 0.3) is 0 Å². The third-order valence-corrected chi connectivity index (χ3v) is 7.45. The molecular formula is C16H29NO4S. The van der Waals surface area contributed by atoms with Gasteiger partial charge in [0.2, 0.25) is 10.0 Å². The third kappa shape index (κ3) is 3.10. The lowest BCUT2D eigenvalue weighted by atomic mass is 9.70. The van der Waals surface area contributed by atoms with Gasteiger partial charge in [-0.1, -0.05) is 20.8 Å². The Balaban J connectivity index is 2.04. The van der Waals surface area contributed by atoms with Crippen molar-refractivity contribution in [1.82, 2.24) is 4.72 Å². The Morgan fingerprint density at radius 3 is 2.45 bits per heavy atom. The number of ketones is 1. The molecule has 0 saturated heterocycles. The lowest BCUT2D eigenvalue weighted by Crippen LogP contribution is -2.46. The van der Waals surface area contributed by atoms with Crippen LogP contribution in [0.1, 0.15) is 53.4 Å². The highest BCUT2D eigenvalue weighted by atomic mass is 32.2. The Kier molecular flexibility index (Phi) is 4.78. The predicted octanol–water partition coefficient (Wildman–Crippen LogP) is 1.71. The molecule has 0 aliphatic heterocycles. The van der Waals surface area contributed by atoms with Gasteiger partial charge in [-0.3, -0.25) is 4.79 Å². The number of fused-ring (bicyclic) bond motifs is 2. The Labute approximate surface area is 133 Å². The average Bonchev–Trinajstić information content (AvgIpc) is 2.69. The molecule has 0 amide bonds. The SMILES string of the molecule is C[C@@H](CNS(=O)(=O)C[C@@]12CC[C@@H](CC1=O)C2(C)C)C[C@H](C)O. The summed E-state index contributed by atoms with van der Waals surface area (Å²) in [5, 5.41) is 9.35. The molecule has 0 aromatic heterocycles. The van der Waals surface area contributed by atoms with Crippen LogP contribution in [0.3, 0.4) is 0 Å². The summed E-state index contributed by atoms with van der Waals surface area (Å²) in [6.45, 7) is 8.00. The minimum atomic E-state index is -3.50. The van der Waals surface area contributed by atoms with Gasteiger partial charge in [0.1, 0.15) is 5.78 Å². The van der Waals surface area contributed by atoms with E-state index in [9.17, 15) is 18.3 Å². The Hall–Kier alpha value is -0.460. The molecule has 5 nitrogen and oxygen atoms in total.